The zero-order chi connectivity index (χ0) is 13.1. The first kappa shape index (κ1) is 13.1. The quantitative estimate of drug-likeness (QED) is 0.808. The van der Waals surface area contributed by atoms with Crippen molar-refractivity contribution in [2.24, 2.45) is 0 Å². The predicted octanol–water partition coefficient (Wildman–Crippen LogP) is 3.38. The van der Waals surface area contributed by atoms with E-state index in [1.54, 1.807) is 41.6 Å². The van der Waals surface area contributed by atoms with Crippen molar-refractivity contribution in [3.63, 3.8) is 0 Å². The molecule has 0 aliphatic heterocycles. The molecule has 5 heteroatoms. The fraction of sp³-hybridized carbons (Fsp3) is 0.231. The second kappa shape index (κ2) is 5.50. The molecule has 0 bridgehead atoms. The molecule has 0 unspecified atom stereocenters. The summed E-state index contributed by atoms with van der Waals surface area (Å²) in [5.41, 5.74) is 1.65. The highest BCUT2D eigenvalue weighted by Gasteiger charge is 2.16. The molecule has 1 amide bonds. The second-order valence-electron chi connectivity index (χ2n) is 4.03. The second-order valence-corrected chi connectivity index (χ2v) is 5.39. The zero-order valence-corrected chi connectivity index (χ0v) is 11.8. The molecular formula is C13H13ClN2OS. The number of halogens is 1. The fourth-order valence-corrected chi connectivity index (χ4v) is 2.76. The van der Waals surface area contributed by atoms with Crippen LogP contribution in [0.4, 0.5) is 0 Å². The van der Waals surface area contributed by atoms with Gasteiger partial charge in [-0.1, -0.05) is 11.6 Å². The molecule has 0 aromatic carbocycles. The Hall–Kier alpha value is -1.39. The maximum Gasteiger partial charge on any atom is 0.257 e. The van der Waals surface area contributed by atoms with Gasteiger partial charge < -0.3 is 4.90 Å². The molecule has 0 N–H and O–H groups in total. The molecule has 18 heavy (non-hydrogen) atoms. The Kier molecular flexibility index (Phi) is 3.99. The van der Waals surface area contributed by atoms with Gasteiger partial charge in [0.1, 0.15) is 5.15 Å². The molecule has 0 saturated heterocycles. The first-order chi connectivity index (χ1) is 8.59. The average Bonchev–Trinajstić information content (AvgIpc) is 2.75. The highest BCUT2D eigenvalue weighted by molar-refractivity contribution is 7.10. The number of hydrogen-bond acceptors (Lipinski definition) is 3. The summed E-state index contributed by atoms with van der Waals surface area (Å²) < 4.78 is 0. The van der Waals surface area contributed by atoms with Crippen LogP contribution in [0.2, 0.25) is 5.15 Å². The molecule has 0 radical (unpaired) electrons. The van der Waals surface area contributed by atoms with Gasteiger partial charge in [0.05, 0.1) is 12.1 Å². The Morgan fingerprint density at radius 1 is 1.50 bits per heavy atom. The SMILES string of the molecule is Cc1ccsc1CN(C)C(=O)c1cccnc1Cl. The molecule has 0 aliphatic carbocycles. The van der Waals surface area contributed by atoms with E-state index in [0.717, 1.165) is 0 Å². The van der Waals surface area contributed by atoms with E-state index in [2.05, 4.69) is 11.1 Å². The smallest absolute Gasteiger partial charge is 0.257 e. The molecule has 0 fully saturated rings. The van der Waals surface area contributed by atoms with Crippen molar-refractivity contribution in [1.82, 2.24) is 9.88 Å². The van der Waals surface area contributed by atoms with E-state index in [-0.39, 0.29) is 11.1 Å². The van der Waals surface area contributed by atoms with E-state index >= 15 is 0 Å². The number of rotatable bonds is 3. The topological polar surface area (TPSA) is 33.2 Å². The molecule has 0 atom stereocenters. The summed E-state index contributed by atoms with van der Waals surface area (Å²) >= 11 is 7.57. The number of carbonyl (C=O) groups is 1. The summed E-state index contributed by atoms with van der Waals surface area (Å²) in [5.74, 6) is -0.110. The lowest BCUT2D eigenvalue weighted by Crippen LogP contribution is -2.26. The zero-order valence-electron chi connectivity index (χ0n) is 10.2. The van der Waals surface area contributed by atoms with Gasteiger partial charge in [-0.05, 0) is 36.1 Å². The summed E-state index contributed by atoms with van der Waals surface area (Å²) in [7, 11) is 1.77. The van der Waals surface area contributed by atoms with Gasteiger partial charge >= 0.3 is 0 Å². The van der Waals surface area contributed by atoms with E-state index in [1.165, 1.54) is 10.4 Å². The first-order valence-electron chi connectivity index (χ1n) is 5.48. The minimum absolute atomic E-state index is 0.110. The van der Waals surface area contributed by atoms with Crippen molar-refractivity contribution >= 4 is 28.8 Å². The van der Waals surface area contributed by atoms with Crippen LogP contribution in [0.3, 0.4) is 0 Å². The highest BCUT2D eigenvalue weighted by atomic mass is 35.5. The lowest BCUT2D eigenvalue weighted by atomic mass is 10.2. The summed E-state index contributed by atoms with van der Waals surface area (Å²) in [6.45, 7) is 2.63. The Bertz CT molecular complexity index is 568. The van der Waals surface area contributed by atoms with Gasteiger partial charge in [0.25, 0.3) is 5.91 Å². The summed E-state index contributed by atoms with van der Waals surface area (Å²) in [6.07, 6.45) is 1.57. The number of nitrogens with zero attached hydrogens (tertiary/aromatic N) is 2. The van der Waals surface area contributed by atoms with Crippen LogP contribution in [0.15, 0.2) is 29.8 Å². The first-order valence-corrected chi connectivity index (χ1v) is 6.74. The number of carbonyl (C=O) groups excluding carboxylic acids is 1. The van der Waals surface area contributed by atoms with E-state index in [9.17, 15) is 4.79 Å². The largest absolute Gasteiger partial charge is 0.336 e. The number of thiophene rings is 1. The third-order valence-electron chi connectivity index (χ3n) is 2.69. The van der Waals surface area contributed by atoms with E-state index in [0.29, 0.717) is 12.1 Å². The van der Waals surface area contributed by atoms with Gasteiger partial charge in [-0.2, -0.15) is 0 Å². The van der Waals surface area contributed by atoms with Crippen molar-refractivity contribution in [2.75, 3.05) is 7.05 Å². The molecular weight excluding hydrogens is 268 g/mol. The molecule has 3 nitrogen and oxygen atoms in total. The third kappa shape index (κ3) is 2.71. The van der Waals surface area contributed by atoms with E-state index in [1.807, 2.05) is 12.3 Å². The van der Waals surface area contributed by atoms with Crippen molar-refractivity contribution in [3.8, 4) is 0 Å². The van der Waals surface area contributed by atoms with Crippen LogP contribution in [-0.2, 0) is 6.54 Å². The number of pyridine rings is 1. The Labute approximate surface area is 115 Å². The minimum atomic E-state index is -0.110. The van der Waals surface area contributed by atoms with Gasteiger partial charge in [0.15, 0.2) is 0 Å². The number of aryl methyl sites for hydroxylation is 1. The van der Waals surface area contributed by atoms with Gasteiger partial charge in [0, 0.05) is 18.1 Å². The van der Waals surface area contributed by atoms with Gasteiger partial charge in [-0.15, -0.1) is 11.3 Å². The van der Waals surface area contributed by atoms with Crippen LogP contribution < -0.4 is 0 Å². The van der Waals surface area contributed by atoms with Crippen molar-refractivity contribution in [1.29, 1.82) is 0 Å². The van der Waals surface area contributed by atoms with Gasteiger partial charge in [0.2, 0.25) is 0 Å². The normalized spacial score (nSPS) is 10.4. The molecule has 0 saturated carbocycles. The Balaban J connectivity index is 2.15. The van der Waals surface area contributed by atoms with Crippen molar-refractivity contribution < 1.29 is 4.79 Å². The Morgan fingerprint density at radius 3 is 2.89 bits per heavy atom. The maximum absolute atomic E-state index is 12.2. The highest BCUT2D eigenvalue weighted by Crippen LogP contribution is 2.19. The predicted molar refractivity (Wildman–Crippen MR) is 74.1 cm³/mol. The van der Waals surface area contributed by atoms with Gasteiger partial charge in [-0.3, -0.25) is 4.79 Å². The Morgan fingerprint density at radius 2 is 2.28 bits per heavy atom. The van der Waals surface area contributed by atoms with Crippen molar-refractivity contribution in [3.05, 3.63) is 50.9 Å². The third-order valence-corrected chi connectivity index (χ3v) is 3.99. The molecule has 2 aromatic heterocycles. The summed E-state index contributed by atoms with van der Waals surface area (Å²) in [5, 5.41) is 2.28. The lowest BCUT2D eigenvalue weighted by molar-refractivity contribution is 0.0786. The van der Waals surface area contributed by atoms with Crippen molar-refractivity contribution in [2.45, 2.75) is 13.5 Å². The van der Waals surface area contributed by atoms with Crippen LogP contribution in [0.5, 0.6) is 0 Å². The molecule has 2 heterocycles. The average molecular weight is 281 g/mol. The molecule has 2 aromatic rings. The van der Waals surface area contributed by atoms with Crippen LogP contribution in [0.1, 0.15) is 20.8 Å². The van der Waals surface area contributed by atoms with Gasteiger partial charge in [-0.25, -0.2) is 4.98 Å². The summed E-state index contributed by atoms with van der Waals surface area (Å²) in [6, 6.07) is 5.45. The molecule has 2 rings (SSSR count). The standard InChI is InChI=1S/C13H13ClN2OS/c1-9-5-7-18-11(9)8-16(2)13(17)10-4-3-6-15-12(10)14/h3-7H,8H2,1-2H3. The summed E-state index contributed by atoms with van der Waals surface area (Å²) in [4.78, 5) is 19.0. The molecule has 94 valence electrons. The maximum atomic E-state index is 12.2. The number of hydrogen-bond donors (Lipinski definition) is 0. The monoisotopic (exact) mass is 280 g/mol. The van der Waals surface area contributed by atoms with Crippen LogP contribution in [-0.4, -0.2) is 22.8 Å². The molecule has 0 spiro atoms. The fourth-order valence-electron chi connectivity index (χ4n) is 1.60. The lowest BCUT2D eigenvalue weighted by Gasteiger charge is -2.17. The van der Waals surface area contributed by atoms with Crippen LogP contribution in [0.25, 0.3) is 0 Å². The number of aromatic nitrogens is 1. The van der Waals surface area contributed by atoms with E-state index in [4.69, 9.17) is 11.6 Å². The van der Waals surface area contributed by atoms with Crippen LogP contribution >= 0.6 is 22.9 Å². The minimum Gasteiger partial charge on any atom is -0.336 e. The molecule has 0 aliphatic rings. The van der Waals surface area contributed by atoms with Crippen LogP contribution in [0, 0.1) is 6.92 Å². The van der Waals surface area contributed by atoms with E-state index < -0.39 is 0 Å². The number of amides is 1.